The van der Waals surface area contributed by atoms with Crippen LogP contribution in [0.1, 0.15) is 5.56 Å². The van der Waals surface area contributed by atoms with E-state index in [2.05, 4.69) is 18.0 Å². The minimum Gasteiger partial charge on any atom is -0.469 e. The number of fused-ring (bicyclic) bond motifs is 1. The smallest absolute Gasteiger partial charge is 0.214 e. The van der Waals surface area contributed by atoms with E-state index in [4.69, 9.17) is 9.47 Å². The molecule has 0 bridgehead atoms. The van der Waals surface area contributed by atoms with Crippen LogP contribution in [0.15, 0.2) is 30.3 Å². The maximum Gasteiger partial charge on any atom is 0.214 e. The van der Waals surface area contributed by atoms with Crippen LogP contribution in [0.3, 0.4) is 0 Å². The van der Waals surface area contributed by atoms with Crippen LogP contribution in [-0.4, -0.2) is 24.3 Å². The lowest BCUT2D eigenvalue weighted by Crippen LogP contribution is -2.38. The van der Waals surface area contributed by atoms with Gasteiger partial charge in [-0.2, -0.15) is 0 Å². The van der Waals surface area contributed by atoms with Gasteiger partial charge in [-0.1, -0.05) is 18.2 Å². The van der Waals surface area contributed by atoms with Gasteiger partial charge in [0.15, 0.2) is 0 Å². The first-order valence-corrected chi connectivity index (χ1v) is 5.44. The van der Waals surface area contributed by atoms with Crippen LogP contribution < -0.4 is 4.74 Å². The molecule has 1 aromatic carbocycles. The van der Waals surface area contributed by atoms with Crippen molar-refractivity contribution in [2.45, 2.75) is 13.0 Å². The second kappa shape index (κ2) is 3.76. The monoisotopic (exact) mass is 215 g/mol. The molecule has 3 rings (SSSR count). The van der Waals surface area contributed by atoms with E-state index in [1.165, 1.54) is 10.9 Å². The van der Waals surface area contributed by atoms with Gasteiger partial charge in [-0.25, -0.2) is 4.98 Å². The van der Waals surface area contributed by atoms with Gasteiger partial charge in [-0.3, -0.25) is 0 Å². The van der Waals surface area contributed by atoms with Crippen LogP contribution in [0, 0.1) is 6.92 Å². The van der Waals surface area contributed by atoms with Crippen LogP contribution in [0.5, 0.6) is 5.88 Å². The molecular formula is C13H13NO2. The number of pyridine rings is 1. The lowest BCUT2D eigenvalue weighted by molar-refractivity contribution is -0.0812. The number of para-hydroxylation sites is 1. The van der Waals surface area contributed by atoms with Crippen LogP contribution in [0.2, 0.25) is 0 Å². The van der Waals surface area contributed by atoms with Gasteiger partial charge in [-0.15, -0.1) is 0 Å². The third-order valence-corrected chi connectivity index (χ3v) is 2.79. The number of rotatable bonds is 2. The van der Waals surface area contributed by atoms with E-state index in [0.29, 0.717) is 19.1 Å². The van der Waals surface area contributed by atoms with Gasteiger partial charge in [0, 0.05) is 11.5 Å². The van der Waals surface area contributed by atoms with Crippen LogP contribution in [-0.2, 0) is 4.74 Å². The average molecular weight is 215 g/mol. The molecular weight excluding hydrogens is 202 g/mol. The molecule has 3 nitrogen and oxygen atoms in total. The minimum absolute atomic E-state index is 0.174. The predicted molar refractivity (Wildman–Crippen MR) is 61.7 cm³/mol. The predicted octanol–water partition coefficient (Wildman–Crippen LogP) is 2.32. The van der Waals surface area contributed by atoms with E-state index in [9.17, 15) is 0 Å². The summed E-state index contributed by atoms with van der Waals surface area (Å²) in [7, 11) is 0. The summed E-state index contributed by atoms with van der Waals surface area (Å²) in [5, 5.41) is 1.18. The Kier molecular flexibility index (Phi) is 2.26. The molecule has 0 aliphatic carbocycles. The molecule has 0 unspecified atom stereocenters. The lowest BCUT2D eigenvalue weighted by atomic mass is 10.1. The number of ether oxygens (including phenoxy) is 2. The summed E-state index contributed by atoms with van der Waals surface area (Å²) < 4.78 is 10.8. The summed E-state index contributed by atoms with van der Waals surface area (Å²) in [6.45, 7) is 3.43. The minimum atomic E-state index is 0.174. The van der Waals surface area contributed by atoms with Crippen molar-refractivity contribution in [3.8, 4) is 5.88 Å². The van der Waals surface area contributed by atoms with E-state index in [-0.39, 0.29) is 6.10 Å². The van der Waals surface area contributed by atoms with Crippen molar-refractivity contribution < 1.29 is 9.47 Å². The largest absolute Gasteiger partial charge is 0.469 e. The van der Waals surface area contributed by atoms with Crippen molar-refractivity contribution in [2.75, 3.05) is 13.2 Å². The Morgan fingerprint density at radius 2 is 2.12 bits per heavy atom. The molecule has 0 spiro atoms. The normalized spacial score (nSPS) is 16.1. The maximum atomic E-state index is 5.70. The molecule has 0 amide bonds. The number of aromatic nitrogens is 1. The molecule has 3 heteroatoms. The summed E-state index contributed by atoms with van der Waals surface area (Å²) >= 11 is 0. The van der Waals surface area contributed by atoms with Crippen molar-refractivity contribution in [1.82, 2.24) is 4.98 Å². The number of hydrogen-bond donors (Lipinski definition) is 0. The molecule has 0 saturated carbocycles. The molecule has 2 heterocycles. The molecule has 0 atom stereocenters. The van der Waals surface area contributed by atoms with E-state index in [1.807, 2.05) is 24.3 Å². The highest BCUT2D eigenvalue weighted by molar-refractivity contribution is 5.82. The van der Waals surface area contributed by atoms with E-state index >= 15 is 0 Å². The fourth-order valence-electron chi connectivity index (χ4n) is 1.83. The van der Waals surface area contributed by atoms with Crippen molar-refractivity contribution in [1.29, 1.82) is 0 Å². The molecule has 82 valence electrons. The Morgan fingerprint density at radius 1 is 1.31 bits per heavy atom. The molecule has 1 aliphatic rings. The summed E-state index contributed by atoms with van der Waals surface area (Å²) in [4.78, 5) is 4.48. The SMILES string of the molecule is Cc1cc(OC2COC2)nc2ccccc12. The highest BCUT2D eigenvalue weighted by Crippen LogP contribution is 2.22. The van der Waals surface area contributed by atoms with Crippen LogP contribution in [0.4, 0.5) is 0 Å². The Labute approximate surface area is 94.0 Å². The number of hydrogen-bond acceptors (Lipinski definition) is 3. The van der Waals surface area contributed by atoms with Gasteiger partial charge in [-0.05, 0) is 18.6 Å². The van der Waals surface area contributed by atoms with Crippen molar-refractivity contribution in [3.63, 3.8) is 0 Å². The molecule has 16 heavy (non-hydrogen) atoms. The Bertz CT molecular complexity index is 520. The van der Waals surface area contributed by atoms with Crippen molar-refractivity contribution in [3.05, 3.63) is 35.9 Å². The first-order valence-electron chi connectivity index (χ1n) is 5.44. The second-order valence-electron chi connectivity index (χ2n) is 4.07. The molecule has 0 radical (unpaired) electrons. The summed E-state index contributed by atoms with van der Waals surface area (Å²) in [5.41, 5.74) is 2.18. The highest BCUT2D eigenvalue weighted by atomic mass is 16.6. The van der Waals surface area contributed by atoms with E-state index in [0.717, 1.165) is 5.52 Å². The van der Waals surface area contributed by atoms with Gasteiger partial charge in [0.05, 0.1) is 18.7 Å². The topological polar surface area (TPSA) is 31.4 Å². The van der Waals surface area contributed by atoms with Gasteiger partial charge >= 0.3 is 0 Å². The third-order valence-electron chi connectivity index (χ3n) is 2.79. The van der Waals surface area contributed by atoms with Crippen molar-refractivity contribution >= 4 is 10.9 Å². The van der Waals surface area contributed by atoms with Gasteiger partial charge < -0.3 is 9.47 Å². The summed E-state index contributed by atoms with van der Waals surface area (Å²) in [6.07, 6.45) is 0.174. The molecule has 1 saturated heterocycles. The van der Waals surface area contributed by atoms with Gasteiger partial charge in [0.25, 0.3) is 0 Å². The van der Waals surface area contributed by atoms with Gasteiger partial charge in [0.1, 0.15) is 6.10 Å². The Balaban J connectivity index is 1.99. The first kappa shape index (κ1) is 9.60. The van der Waals surface area contributed by atoms with Crippen LogP contribution in [0.25, 0.3) is 10.9 Å². The first-order chi connectivity index (χ1) is 7.83. The third kappa shape index (κ3) is 1.63. The maximum absolute atomic E-state index is 5.70. The molecule has 2 aromatic rings. The fourth-order valence-corrected chi connectivity index (χ4v) is 1.83. The van der Waals surface area contributed by atoms with E-state index < -0.39 is 0 Å². The summed E-state index contributed by atoms with van der Waals surface area (Å²) in [6, 6.07) is 10.1. The van der Waals surface area contributed by atoms with E-state index in [1.54, 1.807) is 0 Å². The van der Waals surface area contributed by atoms with Crippen molar-refractivity contribution in [2.24, 2.45) is 0 Å². The highest BCUT2D eigenvalue weighted by Gasteiger charge is 2.20. The number of aryl methyl sites for hydroxylation is 1. The standard InChI is InChI=1S/C13H13NO2/c1-9-6-13(16-10-7-15-8-10)14-12-5-3-2-4-11(9)12/h2-6,10H,7-8H2,1H3. The average Bonchev–Trinajstić information content (AvgIpc) is 2.24. The second-order valence-corrected chi connectivity index (χ2v) is 4.07. The van der Waals surface area contributed by atoms with Crippen LogP contribution >= 0.6 is 0 Å². The molecule has 1 aliphatic heterocycles. The quantitative estimate of drug-likeness (QED) is 0.770. The molecule has 0 N–H and O–H groups in total. The number of nitrogens with zero attached hydrogens (tertiary/aromatic N) is 1. The zero-order chi connectivity index (χ0) is 11.0. The Morgan fingerprint density at radius 3 is 2.88 bits per heavy atom. The van der Waals surface area contributed by atoms with Gasteiger partial charge in [0.2, 0.25) is 5.88 Å². The molecule has 1 aromatic heterocycles. The number of benzene rings is 1. The zero-order valence-electron chi connectivity index (χ0n) is 9.14. The lowest BCUT2D eigenvalue weighted by Gasteiger charge is -2.26. The summed E-state index contributed by atoms with van der Waals surface area (Å²) in [5.74, 6) is 0.699. The zero-order valence-corrected chi connectivity index (χ0v) is 9.14. The molecule has 1 fully saturated rings. The Hall–Kier alpha value is -1.61. The fraction of sp³-hybridized carbons (Fsp3) is 0.308.